The summed E-state index contributed by atoms with van der Waals surface area (Å²) >= 11 is 0. The van der Waals surface area contributed by atoms with Gasteiger partial charge in [-0.3, -0.25) is 4.31 Å². The second-order valence-electron chi connectivity index (χ2n) is 5.80. The van der Waals surface area contributed by atoms with Crippen LogP contribution in [0.2, 0.25) is 0 Å². The van der Waals surface area contributed by atoms with Crippen molar-refractivity contribution in [1.82, 2.24) is 4.72 Å². The molecule has 0 saturated carbocycles. The summed E-state index contributed by atoms with van der Waals surface area (Å²) in [5, 5.41) is 0. The third-order valence-corrected chi connectivity index (χ3v) is 6.13. The minimum Gasteiger partial charge on any atom is -0.269 e. The molecule has 0 unspecified atom stereocenters. The molecular weight excluding hydrogens is 336 g/mol. The lowest BCUT2D eigenvalue weighted by Gasteiger charge is -2.28. The van der Waals surface area contributed by atoms with Crippen LogP contribution < -0.4 is 9.03 Å². The quantitative estimate of drug-likeness (QED) is 0.765. The molecule has 0 aliphatic rings. The van der Waals surface area contributed by atoms with E-state index < -0.39 is 20.0 Å². The highest BCUT2D eigenvalue weighted by molar-refractivity contribution is 7.92. The number of nitrogens with zero attached hydrogens (tertiary/aromatic N) is 1. The molecule has 0 aromatic heterocycles. The first kappa shape index (κ1) is 19.9. The minimum atomic E-state index is -3.52. The first-order valence-corrected chi connectivity index (χ1v) is 11.0. The Kier molecular flexibility index (Phi) is 6.61. The predicted molar refractivity (Wildman–Crippen MR) is 94.9 cm³/mol. The molecule has 0 bridgehead atoms. The van der Waals surface area contributed by atoms with E-state index in [-0.39, 0.29) is 24.8 Å². The Morgan fingerprint density at radius 1 is 1.17 bits per heavy atom. The number of nitrogens with one attached hydrogen (secondary N) is 1. The highest BCUT2D eigenvalue weighted by Crippen LogP contribution is 2.32. The number of sulfonamides is 2. The smallest absolute Gasteiger partial charge is 0.232 e. The lowest BCUT2D eigenvalue weighted by atomic mass is 9.98. The zero-order valence-electron chi connectivity index (χ0n) is 14.3. The van der Waals surface area contributed by atoms with Gasteiger partial charge in [0.2, 0.25) is 20.0 Å². The van der Waals surface area contributed by atoms with Crippen molar-refractivity contribution >= 4 is 25.7 Å². The fraction of sp³-hybridized carbons (Fsp3) is 0.600. The molecule has 0 radical (unpaired) electrons. The van der Waals surface area contributed by atoms with Crippen LogP contribution in [0.5, 0.6) is 0 Å². The van der Waals surface area contributed by atoms with E-state index in [4.69, 9.17) is 0 Å². The Morgan fingerprint density at radius 3 is 2.26 bits per heavy atom. The topological polar surface area (TPSA) is 83.6 Å². The highest BCUT2D eigenvalue weighted by Gasteiger charge is 2.23. The van der Waals surface area contributed by atoms with Crippen molar-refractivity contribution in [3.63, 3.8) is 0 Å². The van der Waals surface area contributed by atoms with E-state index in [2.05, 4.69) is 4.72 Å². The van der Waals surface area contributed by atoms with Crippen LogP contribution in [-0.2, 0) is 20.0 Å². The number of para-hydroxylation sites is 1. The van der Waals surface area contributed by atoms with Crippen molar-refractivity contribution in [2.45, 2.75) is 33.6 Å². The van der Waals surface area contributed by atoms with Crippen molar-refractivity contribution in [3.05, 3.63) is 29.3 Å². The van der Waals surface area contributed by atoms with Crippen molar-refractivity contribution in [2.24, 2.45) is 0 Å². The Hall–Kier alpha value is -1.12. The average Bonchev–Trinajstić information content (AvgIpc) is 2.42. The first-order chi connectivity index (χ1) is 10.5. The normalized spacial score (nSPS) is 12.6. The highest BCUT2D eigenvalue weighted by atomic mass is 32.2. The molecule has 1 rings (SSSR count). The summed E-state index contributed by atoms with van der Waals surface area (Å²) in [6, 6.07) is 5.66. The zero-order chi connectivity index (χ0) is 17.8. The third-order valence-electron chi connectivity index (χ3n) is 3.56. The Bertz CT molecular complexity index is 741. The van der Waals surface area contributed by atoms with Gasteiger partial charge in [-0.15, -0.1) is 0 Å². The summed E-state index contributed by atoms with van der Waals surface area (Å²) in [5.41, 5.74) is 2.41. The second kappa shape index (κ2) is 7.63. The van der Waals surface area contributed by atoms with Gasteiger partial charge in [-0.05, 0) is 30.9 Å². The van der Waals surface area contributed by atoms with Gasteiger partial charge < -0.3 is 0 Å². The lowest BCUT2D eigenvalue weighted by Crippen LogP contribution is -2.39. The maximum Gasteiger partial charge on any atom is 0.232 e. The van der Waals surface area contributed by atoms with Gasteiger partial charge in [-0.1, -0.05) is 32.0 Å². The zero-order valence-corrected chi connectivity index (χ0v) is 16.0. The maximum absolute atomic E-state index is 12.2. The predicted octanol–water partition coefficient (Wildman–Crippen LogP) is 1.82. The van der Waals surface area contributed by atoms with Gasteiger partial charge in [0.05, 0.1) is 17.7 Å². The van der Waals surface area contributed by atoms with E-state index in [0.29, 0.717) is 5.69 Å². The fourth-order valence-corrected chi connectivity index (χ4v) is 3.95. The van der Waals surface area contributed by atoms with Crippen LogP contribution in [0, 0.1) is 6.92 Å². The summed E-state index contributed by atoms with van der Waals surface area (Å²) in [4.78, 5) is 0. The van der Waals surface area contributed by atoms with Crippen LogP contribution in [-0.4, -0.2) is 41.9 Å². The Balaban J connectivity index is 3.20. The molecule has 23 heavy (non-hydrogen) atoms. The maximum atomic E-state index is 12.2. The average molecular weight is 363 g/mol. The lowest BCUT2D eigenvalue weighted by molar-refractivity contribution is 0.579. The van der Waals surface area contributed by atoms with Crippen LogP contribution in [0.4, 0.5) is 5.69 Å². The summed E-state index contributed by atoms with van der Waals surface area (Å²) in [7, 11) is -6.87. The molecule has 1 N–H and O–H groups in total. The molecule has 0 aliphatic carbocycles. The SMILES string of the molecule is CCS(=O)(=O)NCCN(c1c(C)cccc1C(C)C)S(C)(=O)=O. The number of rotatable bonds is 8. The molecule has 1 aromatic rings. The van der Waals surface area contributed by atoms with E-state index >= 15 is 0 Å². The number of hydrogen-bond donors (Lipinski definition) is 1. The molecule has 0 amide bonds. The molecule has 8 heteroatoms. The van der Waals surface area contributed by atoms with E-state index in [0.717, 1.165) is 17.4 Å². The summed E-state index contributed by atoms with van der Waals surface area (Å²) in [5.74, 6) is 0.120. The van der Waals surface area contributed by atoms with Gasteiger partial charge in [-0.25, -0.2) is 21.6 Å². The van der Waals surface area contributed by atoms with Crippen LogP contribution >= 0.6 is 0 Å². The Morgan fingerprint density at radius 2 is 1.78 bits per heavy atom. The monoisotopic (exact) mass is 362 g/mol. The van der Waals surface area contributed by atoms with Gasteiger partial charge in [0.25, 0.3) is 0 Å². The molecule has 0 atom stereocenters. The molecule has 132 valence electrons. The molecular formula is C15H26N2O4S2. The minimum absolute atomic E-state index is 0.0342. The van der Waals surface area contributed by atoms with Crippen LogP contribution in [0.3, 0.4) is 0 Å². The fourth-order valence-electron chi connectivity index (χ4n) is 2.34. The number of anilines is 1. The van der Waals surface area contributed by atoms with E-state index in [1.54, 1.807) is 0 Å². The van der Waals surface area contributed by atoms with Crippen molar-refractivity contribution in [3.8, 4) is 0 Å². The van der Waals surface area contributed by atoms with Gasteiger partial charge in [-0.2, -0.15) is 0 Å². The second-order valence-corrected chi connectivity index (χ2v) is 9.80. The van der Waals surface area contributed by atoms with Gasteiger partial charge in [0.15, 0.2) is 0 Å². The van der Waals surface area contributed by atoms with Crippen LogP contribution in [0.15, 0.2) is 18.2 Å². The van der Waals surface area contributed by atoms with Crippen LogP contribution in [0.25, 0.3) is 0 Å². The van der Waals surface area contributed by atoms with Gasteiger partial charge >= 0.3 is 0 Å². The first-order valence-electron chi connectivity index (χ1n) is 7.54. The molecule has 0 aliphatic heterocycles. The molecule has 6 nitrogen and oxygen atoms in total. The van der Waals surface area contributed by atoms with Gasteiger partial charge in [0, 0.05) is 13.1 Å². The van der Waals surface area contributed by atoms with E-state index in [9.17, 15) is 16.8 Å². The van der Waals surface area contributed by atoms with E-state index in [1.165, 1.54) is 11.2 Å². The van der Waals surface area contributed by atoms with Crippen molar-refractivity contribution in [1.29, 1.82) is 0 Å². The molecule has 0 fully saturated rings. The third kappa shape index (κ3) is 5.47. The Labute approximate surface area is 140 Å². The summed E-state index contributed by atoms with van der Waals surface area (Å²) < 4.78 is 51.2. The summed E-state index contributed by atoms with van der Waals surface area (Å²) in [6.45, 7) is 7.49. The standard InChI is InChI=1S/C15H26N2O4S2/c1-6-23(20,21)16-10-11-17(22(5,18)19)15-13(4)8-7-9-14(15)12(2)3/h7-9,12,16H,6,10-11H2,1-5H3. The molecule has 0 saturated heterocycles. The largest absolute Gasteiger partial charge is 0.269 e. The van der Waals surface area contributed by atoms with Gasteiger partial charge in [0.1, 0.15) is 0 Å². The molecule has 0 spiro atoms. The molecule has 0 heterocycles. The van der Waals surface area contributed by atoms with Crippen molar-refractivity contribution < 1.29 is 16.8 Å². The number of aryl methyl sites for hydroxylation is 1. The summed E-state index contributed by atoms with van der Waals surface area (Å²) in [6.07, 6.45) is 1.14. The van der Waals surface area contributed by atoms with E-state index in [1.807, 2.05) is 39.0 Å². The molecule has 1 aromatic carbocycles. The number of benzene rings is 1. The number of hydrogen-bond acceptors (Lipinski definition) is 4. The van der Waals surface area contributed by atoms with Crippen molar-refractivity contribution in [2.75, 3.05) is 29.4 Å². The van der Waals surface area contributed by atoms with Crippen LogP contribution in [0.1, 0.15) is 37.8 Å².